The fraction of sp³-hybridized carbons (Fsp3) is 0.565. The van der Waals surface area contributed by atoms with Gasteiger partial charge in [-0.15, -0.1) is 0 Å². The monoisotopic (exact) mass is 512 g/mol. The first-order valence-corrected chi connectivity index (χ1v) is 11.8. The van der Waals surface area contributed by atoms with Crippen molar-refractivity contribution in [3.63, 3.8) is 0 Å². The number of carbonyl (C=O) groups excluding carboxylic acids is 2. The molecule has 4 rings (SSSR count). The van der Waals surface area contributed by atoms with Gasteiger partial charge in [0.2, 0.25) is 0 Å². The highest BCUT2D eigenvalue weighted by molar-refractivity contribution is 14.1. The molecule has 4 aliphatic carbocycles. The number of carbonyl (C=O) groups is 2. The third-order valence-corrected chi connectivity index (χ3v) is 9.55. The summed E-state index contributed by atoms with van der Waals surface area (Å²) in [6.07, 6.45) is 6.65. The van der Waals surface area contributed by atoms with E-state index in [-0.39, 0.29) is 29.3 Å². The van der Waals surface area contributed by atoms with Crippen LogP contribution < -0.4 is 0 Å². The van der Waals surface area contributed by atoms with Crippen LogP contribution in [0.5, 0.6) is 0 Å². The zero-order valence-electron chi connectivity index (χ0n) is 16.4. The molecule has 6 atom stereocenters. The zero-order chi connectivity index (χ0) is 20.6. The van der Waals surface area contributed by atoms with Gasteiger partial charge in [-0.1, -0.05) is 67.3 Å². The summed E-state index contributed by atoms with van der Waals surface area (Å²) < 4.78 is 0.324. The van der Waals surface area contributed by atoms with Crippen LogP contribution >= 0.6 is 34.2 Å². The molecule has 0 aromatic heterocycles. The topological polar surface area (TPSA) is 54.4 Å². The molecule has 0 unspecified atom stereocenters. The molecule has 0 heterocycles. The Bertz CT molecular complexity index is 886. The smallest absolute Gasteiger partial charge is 0.185 e. The SMILES string of the molecule is C=C1C(=C)[C@@]2(C)C(=CC1=O)C(Cl)=C[C@@H]1[C@@H]2CC[C@@]2(C)[C@H]1CC[C@]2(O)C(=O)CI. The molecule has 0 amide bonds. The lowest BCUT2D eigenvalue weighted by molar-refractivity contribution is -0.155. The van der Waals surface area contributed by atoms with Crippen molar-refractivity contribution in [2.45, 2.75) is 45.1 Å². The number of fused-ring (bicyclic) bond motifs is 5. The Morgan fingerprint density at radius 1 is 1.29 bits per heavy atom. The highest BCUT2D eigenvalue weighted by Crippen LogP contribution is 2.68. The minimum Gasteiger partial charge on any atom is -0.381 e. The molecule has 0 radical (unpaired) electrons. The van der Waals surface area contributed by atoms with Crippen molar-refractivity contribution in [2.24, 2.45) is 28.6 Å². The van der Waals surface area contributed by atoms with E-state index in [0.717, 1.165) is 30.4 Å². The maximum atomic E-state index is 12.7. The Labute approximate surface area is 185 Å². The molecule has 0 saturated heterocycles. The lowest BCUT2D eigenvalue weighted by Crippen LogP contribution is -2.57. The summed E-state index contributed by atoms with van der Waals surface area (Å²) >= 11 is 8.77. The highest BCUT2D eigenvalue weighted by atomic mass is 127. The second-order valence-corrected chi connectivity index (χ2v) is 10.5. The summed E-state index contributed by atoms with van der Waals surface area (Å²) in [4.78, 5) is 25.0. The fourth-order valence-corrected chi connectivity index (χ4v) is 7.71. The van der Waals surface area contributed by atoms with Crippen molar-refractivity contribution in [3.05, 3.63) is 47.1 Å². The standard InChI is InChI=1S/C23H26ClIO3/c1-12-13(2)22(4)16-5-7-21(3)15(6-8-23(21,28)20(27)11-25)14(16)9-18(24)17(22)10-19(12)26/h9-10,14-16,28H,1-2,5-8,11H2,3-4H3/t14-,15-,16-,21-,22+,23-/m0/s1. The molecule has 2 fully saturated rings. The van der Waals surface area contributed by atoms with Crippen LogP contribution in [0.25, 0.3) is 0 Å². The van der Waals surface area contributed by atoms with Crippen molar-refractivity contribution < 1.29 is 14.7 Å². The lowest BCUT2D eigenvalue weighted by Gasteiger charge is -2.57. The normalized spacial score (nSPS) is 45.0. The van der Waals surface area contributed by atoms with Crippen LogP contribution in [0, 0.1) is 28.6 Å². The van der Waals surface area contributed by atoms with Crippen LogP contribution in [0.15, 0.2) is 47.1 Å². The number of allylic oxidation sites excluding steroid dienone is 6. The molecular weight excluding hydrogens is 487 g/mol. The van der Waals surface area contributed by atoms with Crippen molar-refractivity contribution in [1.29, 1.82) is 0 Å². The lowest BCUT2D eigenvalue weighted by atomic mass is 9.47. The Morgan fingerprint density at radius 3 is 2.57 bits per heavy atom. The van der Waals surface area contributed by atoms with Crippen LogP contribution in [0.2, 0.25) is 0 Å². The number of hydrogen-bond donors (Lipinski definition) is 1. The number of aliphatic hydroxyl groups is 1. The molecule has 3 nitrogen and oxygen atoms in total. The summed E-state index contributed by atoms with van der Waals surface area (Å²) in [7, 11) is 0. The van der Waals surface area contributed by atoms with Gasteiger partial charge in [0, 0.05) is 21.4 Å². The third kappa shape index (κ3) is 2.31. The van der Waals surface area contributed by atoms with E-state index in [2.05, 4.69) is 55.7 Å². The quantitative estimate of drug-likeness (QED) is 0.324. The average Bonchev–Trinajstić information content (AvgIpc) is 2.94. The van der Waals surface area contributed by atoms with E-state index in [9.17, 15) is 14.7 Å². The number of hydrogen-bond acceptors (Lipinski definition) is 3. The van der Waals surface area contributed by atoms with Crippen molar-refractivity contribution >= 4 is 45.8 Å². The van der Waals surface area contributed by atoms with Gasteiger partial charge in [0.1, 0.15) is 5.60 Å². The molecule has 0 aromatic rings. The van der Waals surface area contributed by atoms with Crippen LogP contribution in [-0.2, 0) is 9.59 Å². The van der Waals surface area contributed by atoms with E-state index >= 15 is 0 Å². The van der Waals surface area contributed by atoms with Gasteiger partial charge >= 0.3 is 0 Å². The van der Waals surface area contributed by atoms with Crippen LogP contribution in [0.1, 0.15) is 39.5 Å². The van der Waals surface area contributed by atoms with E-state index in [1.165, 1.54) is 0 Å². The molecule has 150 valence electrons. The predicted octanol–water partition coefficient (Wildman–Crippen LogP) is 4.93. The Morgan fingerprint density at radius 2 is 1.93 bits per heavy atom. The van der Waals surface area contributed by atoms with Crippen molar-refractivity contribution in [1.82, 2.24) is 0 Å². The number of alkyl halides is 1. The fourth-order valence-electron chi connectivity index (χ4n) is 6.68. The molecule has 0 aromatic carbocycles. The summed E-state index contributed by atoms with van der Waals surface area (Å²) in [6.45, 7) is 12.4. The summed E-state index contributed by atoms with van der Waals surface area (Å²) in [5.74, 6) is 0.367. The van der Waals surface area contributed by atoms with E-state index < -0.39 is 16.4 Å². The molecule has 28 heavy (non-hydrogen) atoms. The van der Waals surface area contributed by atoms with Gasteiger partial charge in [0.25, 0.3) is 0 Å². The number of halogens is 2. The van der Waals surface area contributed by atoms with E-state index in [1.807, 2.05) is 0 Å². The minimum absolute atomic E-state index is 0.0599. The van der Waals surface area contributed by atoms with E-state index in [1.54, 1.807) is 6.08 Å². The molecule has 4 aliphatic rings. The summed E-state index contributed by atoms with van der Waals surface area (Å²) in [5, 5.41) is 12.0. The van der Waals surface area contributed by atoms with Gasteiger partial charge in [0.15, 0.2) is 11.6 Å². The van der Waals surface area contributed by atoms with Gasteiger partial charge < -0.3 is 5.11 Å². The molecule has 5 heteroatoms. The van der Waals surface area contributed by atoms with Gasteiger partial charge in [0.05, 0.1) is 4.43 Å². The molecule has 2 saturated carbocycles. The van der Waals surface area contributed by atoms with E-state index in [4.69, 9.17) is 11.6 Å². The second-order valence-electron chi connectivity index (χ2n) is 9.30. The Kier molecular flexibility index (Phi) is 4.69. The largest absolute Gasteiger partial charge is 0.381 e. The first-order valence-electron chi connectivity index (χ1n) is 9.87. The van der Waals surface area contributed by atoms with Gasteiger partial charge in [-0.25, -0.2) is 0 Å². The minimum atomic E-state index is -1.26. The average molecular weight is 513 g/mol. The second kappa shape index (κ2) is 6.39. The number of rotatable bonds is 2. The third-order valence-electron chi connectivity index (χ3n) is 8.53. The molecular formula is C23H26ClIO3. The van der Waals surface area contributed by atoms with Gasteiger partial charge in [-0.2, -0.15) is 0 Å². The first-order chi connectivity index (χ1) is 13.0. The number of ketones is 2. The van der Waals surface area contributed by atoms with Crippen LogP contribution in [0.3, 0.4) is 0 Å². The van der Waals surface area contributed by atoms with Crippen molar-refractivity contribution in [2.75, 3.05) is 4.43 Å². The predicted molar refractivity (Wildman–Crippen MR) is 119 cm³/mol. The van der Waals surface area contributed by atoms with Crippen molar-refractivity contribution in [3.8, 4) is 0 Å². The van der Waals surface area contributed by atoms with Gasteiger partial charge in [-0.05, 0) is 60.7 Å². The van der Waals surface area contributed by atoms with Crippen LogP contribution in [0.4, 0.5) is 0 Å². The summed E-state index contributed by atoms with van der Waals surface area (Å²) in [6, 6.07) is 0. The molecule has 0 aliphatic heterocycles. The van der Waals surface area contributed by atoms with Crippen LogP contribution in [-0.4, -0.2) is 26.7 Å². The number of Topliss-reactive ketones (excluding diaryl/α,β-unsaturated/α-hetero) is 1. The molecule has 0 bridgehead atoms. The highest BCUT2D eigenvalue weighted by Gasteiger charge is 2.66. The maximum Gasteiger partial charge on any atom is 0.185 e. The Balaban J connectivity index is 1.83. The first kappa shape index (κ1) is 20.5. The maximum absolute atomic E-state index is 12.7. The molecule has 0 spiro atoms. The zero-order valence-corrected chi connectivity index (χ0v) is 19.3. The van der Waals surface area contributed by atoms with Gasteiger partial charge in [-0.3, -0.25) is 9.59 Å². The summed E-state index contributed by atoms with van der Waals surface area (Å²) in [5.41, 5.74) is -0.0758. The Hall–Kier alpha value is -0.720. The molecule has 1 N–H and O–H groups in total. The van der Waals surface area contributed by atoms with E-state index in [0.29, 0.717) is 21.5 Å².